The van der Waals surface area contributed by atoms with Gasteiger partial charge in [-0.2, -0.15) is 11.8 Å². The van der Waals surface area contributed by atoms with Crippen molar-refractivity contribution in [2.75, 3.05) is 32.4 Å². The Kier molecular flexibility index (Phi) is 4.74. The van der Waals surface area contributed by atoms with E-state index in [4.69, 9.17) is 0 Å². The van der Waals surface area contributed by atoms with Gasteiger partial charge < -0.3 is 10.2 Å². The first-order chi connectivity index (χ1) is 6.53. The van der Waals surface area contributed by atoms with Gasteiger partial charge in [-0.3, -0.25) is 0 Å². The Morgan fingerprint density at radius 1 is 1.43 bits per heavy atom. The van der Waals surface area contributed by atoms with Crippen LogP contribution >= 0.6 is 11.8 Å². The molecule has 1 fully saturated rings. The zero-order valence-corrected chi connectivity index (χ0v) is 10.8. The summed E-state index contributed by atoms with van der Waals surface area (Å²) >= 11 is 2.11. The Morgan fingerprint density at radius 2 is 2.14 bits per heavy atom. The fourth-order valence-electron chi connectivity index (χ4n) is 1.74. The van der Waals surface area contributed by atoms with Crippen LogP contribution in [0.25, 0.3) is 0 Å². The quantitative estimate of drug-likeness (QED) is 0.774. The maximum atomic E-state index is 3.37. The first-order valence-electron chi connectivity index (χ1n) is 5.56. The molecule has 0 saturated carbocycles. The van der Waals surface area contributed by atoms with Gasteiger partial charge in [0, 0.05) is 29.6 Å². The smallest absolute Gasteiger partial charge is 0.0249 e. The van der Waals surface area contributed by atoms with Crippen molar-refractivity contribution in [1.82, 2.24) is 10.2 Å². The van der Waals surface area contributed by atoms with Gasteiger partial charge in [0.25, 0.3) is 0 Å². The predicted molar refractivity (Wildman–Crippen MR) is 66.1 cm³/mol. The molecule has 1 aliphatic rings. The molecule has 3 heteroatoms. The maximum absolute atomic E-state index is 3.37. The van der Waals surface area contributed by atoms with E-state index >= 15 is 0 Å². The fourth-order valence-corrected chi connectivity index (χ4v) is 2.78. The average Bonchev–Trinajstić information content (AvgIpc) is 2.31. The van der Waals surface area contributed by atoms with Gasteiger partial charge in [-0.1, -0.05) is 6.92 Å². The molecule has 0 aromatic rings. The second-order valence-corrected chi connectivity index (χ2v) is 6.43. The van der Waals surface area contributed by atoms with Gasteiger partial charge in [0.15, 0.2) is 0 Å². The highest BCUT2D eigenvalue weighted by atomic mass is 32.2. The van der Waals surface area contributed by atoms with Crippen molar-refractivity contribution in [3.05, 3.63) is 0 Å². The number of likely N-dealkylation sites (N-methyl/N-ethyl adjacent to an activating group) is 1. The van der Waals surface area contributed by atoms with E-state index in [0.29, 0.717) is 0 Å². The van der Waals surface area contributed by atoms with Crippen molar-refractivity contribution in [1.29, 1.82) is 0 Å². The molecular weight excluding hydrogens is 192 g/mol. The van der Waals surface area contributed by atoms with Crippen LogP contribution in [0.2, 0.25) is 0 Å². The lowest BCUT2D eigenvalue weighted by Gasteiger charge is -2.31. The molecule has 84 valence electrons. The monoisotopic (exact) mass is 216 g/mol. The molecule has 1 atom stereocenters. The minimum atomic E-state index is 0.248. The summed E-state index contributed by atoms with van der Waals surface area (Å²) in [4.78, 5) is 2.59. The van der Waals surface area contributed by atoms with E-state index in [2.05, 4.69) is 49.8 Å². The van der Waals surface area contributed by atoms with Gasteiger partial charge in [-0.25, -0.2) is 0 Å². The van der Waals surface area contributed by atoms with Gasteiger partial charge in [-0.05, 0) is 33.9 Å². The van der Waals surface area contributed by atoms with Crippen LogP contribution in [0.4, 0.5) is 0 Å². The van der Waals surface area contributed by atoms with E-state index < -0.39 is 0 Å². The van der Waals surface area contributed by atoms with Crippen molar-refractivity contribution < 1.29 is 0 Å². The van der Waals surface area contributed by atoms with Gasteiger partial charge in [0.2, 0.25) is 0 Å². The van der Waals surface area contributed by atoms with Gasteiger partial charge in [0.05, 0.1) is 0 Å². The van der Waals surface area contributed by atoms with Crippen LogP contribution in [-0.4, -0.2) is 48.1 Å². The predicted octanol–water partition coefficient (Wildman–Crippen LogP) is 1.81. The molecule has 0 amide bonds. The first-order valence-corrected chi connectivity index (χ1v) is 6.61. The first kappa shape index (κ1) is 12.3. The van der Waals surface area contributed by atoms with Crippen LogP contribution in [0, 0.1) is 0 Å². The summed E-state index contributed by atoms with van der Waals surface area (Å²) in [5.74, 6) is 1.29. The Labute approximate surface area is 92.8 Å². The molecule has 1 saturated heterocycles. The summed E-state index contributed by atoms with van der Waals surface area (Å²) in [5.41, 5.74) is 0.248. The molecule has 0 radical (unpaired) electrons. The normalized spacial score (nSPS) is 26.1. The van der Waals surface area contributed by atoms with Gasteiger partial charge in [-0.15, -0.1) is 0 Å². The van der Waals surface area contributed by atoms with E-state index in [1.807, 2.05) is 0 Å². The SMILES string of the molecule is CNC(C)(C)CN1CCSC(C)CC1. The van der Waals surface area contributed by atoms with Crippen LogP contribution in [0.5, 0.6) is 0 Å². The molecule has 0 aliphatic carbocycles. The number of thioether (sulfide) groups is 1. The van der Waals surface area contributed by atoms with Crippen LogP contribution < -0.4 is 5.32 Å². The number of rotatable bonds is 3. The van der Waals surface area contributed by atoms with Crippen molar-refractivity contribution in [3.8, 4) is 0 Å². The molecule has 1 heterocycles. The fraction of sp³-hybridized carbons (Fsp3) is 1.00. The highest BCUT2D eigenvalue weighted by molar-refractivity contribution is 7.99. The topological polar surface area (TPSA) is 15.3 Å². The molecular formula is C11H24N2S. The number of nitrogens with one attached hydrogen (secondary N) is 1. The van der Waals surface area contributed by atoms with Crippen LogP contribution in [0.15, 0.2) is 0 Å². The molecule has 1 unspecified atom stereocenters. The van der Waals surface area contributed by atoms with Gasteiger partial charge >= 0.3 is 0 Å². The zero-order chi connectivity index (χ0) is 10.6. The van der Waals surface area contributed by atoms with E-state index in [1.54, 1.807) is 0 Å². The Morgan fingerprint density at radius 3 is 2.79 bits per heavy atom. The van der Waals surface area contributed by atoms with Gasteiger partial charge in [0.1, 0.15) is 0 Å². The minimum Gasteiger partial charge on any atom is -0.314 e. The third-order valence-corrected chi connectivity index (χ3v) is 4.18. The second-order valence-electron chi connectivity index (χ2n) is 4.88. The molecule has 0 aromatic carbocycles. The second kappa shape index (κ2) is 5.38. The summed E-state index contributed by atoms with van der Waals surface area (Å²) < 4.78 is 0. The van der Waals surface area contributed by atoms with Crippen LogP contribution in [0.1, 0.15) is 27.2 Å². The Bertz CT molecular complexity index is 171. The molecule has 0 bridgehead atoms. The summed E-state index contributed by atoms with van der Waals surface area (Å²) in [6, 6.07) is 0. The van der Waals surface area contributed by atoms with Crippen molar-refractivity contribution in [2.45, 2.75) is 38.0 Å². The third-order valence-electron chi connectivity index (χ3n) is 2.96. The Balaban J connectivity index is 2.37. The molecule has 0 aromatic heterocycles. The third kappa shape index (κ3) is 4.20. The average molecular weight is 216 g/mol. The van der Waals surface area contributed by atoms with Crippen molar-refractivity contribution >= 4 is 11.8 Å². The summed E-state index contributed by atoms with van der Waals surface area (Å²) in [6.07, 6.45) is 1.34. The number of hydrogen-bond donors (Lipinski definition) is 1. The van der Waals surface area contributed by atoms with Crippen molar-refractivity contribution in [2.24, 2.45) is 0 Å². The highest BCUT2D eigenvalue weighted by Gasteiger charge is 2.21. The van der Waals surface area contributed by atoms with Crippen LogP contribution in [-0.2, 0) is 0 Å². The molecule has 1 aliphatic heterocycles. The summed E-state index contributed by atoms with van der Waals surface area (Å²) in [5, 5.41) is 4.22. The molecule has 2 nitrogen and oxygen atoms in total. The molecule has 1 N–H and O–H groups in total. The Hall–Kier alpha value is 0.270. The highest BCUT2D eigenvalue weighted by Crippen LogP contribution is 2.19. The standard InChI is InChI=1S/C11H24N2S/c1-10-5-6-13(7-8-14-10)9-11(2,3)12-4/h10,12H,5-9H2,1-4H3. The van der Waals surface area contributed by atoms with E-state index in [9.17, 15) is 0 Å². The largest absolute Gasteiger partial charge is 0.314 e. The lowest BCUT2D eigenvalue weighted by molar-refractivity contribution is 0.218. The minimum absolute atomic E-state index is 0.248. The number of hydrogen-bond acceptors (Lipinski definition) is 3. The van der Waals surface area contributed by atoms with Crippen molar-refractivity contribution in [3.63, 3.8) is 0 Å². The lowest BCUT2D eigenvalue weighted by atomic mass is 10.1. The summed E-state index contributed by atoms with van der Waals surface area (Å²) in [7, 11) is 2.05. The lowest BCUT2D eigenvalue weighted by Crippen LogP contribution is -2.48. The van der Waals surface area contributed by atoms with Crippen LogP contribution in [0.3, 0.4) is 0 Å². The summed E-state index contributed by atoms with van der Waals surface area (Å²) in [6.45, 7) is 10.6. The zero-order valence-electron chi connectivity index (χ0n) is 9.97. The molecule has 14 heavy (non-hydrogen) atoms. The molecule has 0 spiro atoms. The van der Waals surface area contributed by atoms with E-state index in [-0.39, 0.29) is 5.54 Å². The molecule has 1 rings (SSSR count). The van der Waals surface area contributed by atoms with E-state index in [0.717, 1.165) is 11.8 Å². The number of nitrogens with zero attached hydrogens (tertiary/aromatic N) is 1. The maximum Gasteiger partial charge on any atom is 0.0249 e. The van der Waals surface area contributed by atoms with E-state index in [1.165, 1.54) is 25.3 Å².